The van der Waals surface area contributed by atoms with Crippen molar-refractivity contribution in [3.8, 4) is 12.3 Å². The van der Waals surface area contributed by atoms with Crippen LogP contribution in [0, 0.1) is 12.3 Å². The summed E-state index contributed by atoms with van der Waals surface area (Å²) in [6, 6.07) is 11.0. The highest BCUT2D eigenvalue weighted by Crippen LogP contribution is 2.15. The fourth-order valence-electron chi connectivity index (χ4n) is 2.16. The van der Waals surface area contributed by atoms with Gasteiger partial charge in [0.05, 0.1) is 11.6 Å². The number of aromatic nitrogens is 2. The summed E-state index contributed by atoms with van der Waals surface area (Å²) in [6.45, 7) is 0. The summed E-state index contributed by atoms with van der Waals surface area (Å²) in [4.78, 5) is 20.7. The number of amides is 1. The number of anilines is 1. The molecule has 2 heterocycles. The number of nitrogens with two attached hydrogens (primary N) is 1. The number of carbonyl (C=O) groups excluding carboxylic acids is 1. The lowest BCUT2D eigenvalue weighted by Gasteiger charge is -2.11. The summed E-state index contributed by atoms with van der Waals surface area (Å²) in [5.41, 5.74) is 7.62. The number of nitrogens with zero attached hydrogens (tertiary/aromatic N) is 2. The van der Waals surface area contributed by atoms with E-state index in [9.17, 15) is 4.79 Å². The van der Waals surface area contributed by atoms with Gasteiger partial charge in [-0.2, -0.15) is 0 Å². The molecule has 3 rings (SSSR count). The minimum absolute atomic E-state index is 0.311. The first kappa shape index (κ1) is 15.2. The van der Waals surface area contributed by atoms with Crippen LogP contribution in [0.25, 0.3) is 10.9 Å². The number of terminal acetylenes is 1. The summed E-state index contributed by atoms with van der Waals surface area (Å²) < 4.78 is 0. The number of fused-ring (bicyclic) bond motifs is 1. The normalized spacial score (nSPS) is 11.8. The molecule has 0 saturated carbocycles. The molecule has 6 heteroatoms. The highest BCUT2D eigenvalue weighted by Gasteiger charge is 2.16. The van der Waals surface area contributed by atoms with Gasteiger partial charge in [0, 0.05) is 22.9 Å². The fourth-order valence-corrected chi connectivity index (χ4v) is 2.71. The van der Waals surface area contributed by atoms with Gasteiger partial charge in [0.15, 0.2) is 5.01 Å². The summed E-state index contributed by atoms with van der Waals surface area (Å²) >= 11 is 1.29. The number of thiazole rings is 1. The van der Waals surface area contributed by atoms with Gasteiger partial charge in [-0.1, -0.05) is 24.3 Å². The molecule has 114 valence electrons. The number of benzene rings is 1. The molecule has 1 amide bonds. The summed E-state index contributed by atoms with van der Waals surface area (Å²) in [5.74, 6) is 2.54. The molecule has 1 atom stereocenters. The van der Waals surface area contributed by atoms with E-state index < -0.39 is 6.04 Å². The van der Waals surface area contributed by atoms with Crippen molar-refractivity contribution < 1.29 is 4.79 Å². The molecule has 3 aromatic rings. The van der Waals surface area contributed by atoms with E-state index in [2.05, 4.69) is 21.2 Å². The van der Waals surface area contributed by atoms with Gasteiger partial charge < -0.3 is 11.1 Å². The van der Waals surface area contributed by atoms with Gasteiger partial charge in [0.25, 0.3) is 0 Å². The number of hydrogen-bond donors (Lipinski definition) is 2. The van der Waals surface area contributed by atoms with Crippen molar-refractivity contribution >= 4 is 34.0 Å². The fraction of sp³-hybridized carbons (Fsp3) is 0.118. The molecule has 0 aliphatic carbocycles. The van der Waals surface area contributed by atoms with Crippen molar-refractivity contribution in [2.24, 2.45) is 5.73 Å². The molecule has 3 N–H and O–H groups in total. The van der Waals surface area contributed by atoms with Crippen LogP contribution in [0.5, 0.6) is 0 Å². The van der Waals surface area contributed by atoms with Crippen LogP contribution in [-0.2, 0) is 11.2 Å². The second-order valence-electron chi connectivity index (χ2n) is 4.98. The average Bonchev–Trinajstić information content (AvgIpc) is 3.02. The maximum Gasteiger partial charge on any atom is 0.242 e. The standard InChI is InChI=1S/C17H14N4OS/c1-2-16-20-15(10-23-16)21-17(22)13(18)9-12-8-7-11-5-3-4-6-14(11)19-12/h1,3-8,10,13H,9,18H2,(H,21,22)/t13-/m0/s1. The first-order valence-electron chi connectivity index (χ1n) is 6.99. The third-order valence-corrected chi connectivity index (χ3v) is 4.07. The molecule has 0 fully saturated rings. The molecule has 0 spiro atoms. The molecule has 2 aromatic heterocycles. The lowest BCUT2D eigenvalue weighted by molar-refractivity contribution is -0.117. The number of hydrogen-bond acceptors (Lipinski definition) is 5. The topological polar surface area (TPSA) is 80.9 Å². The van der Waals surface area contributed by atoms with Gasteiger partial charge in [0.1, 0.15) is 5.82 Å². The van der Waals surface area contributed by atoms with E-state index in [1.165, 1.54) is 11.3 Å². The SMILES string of the molecule is C#Cc1nc(NC(=O)[C@@H](N)Cc2ccc3ccccc3n2)cs1. The van der Waals surface area contributed by atoms with E-state index in [4.69, 9.17) is 12.2 Å². The molecular weight excluding hydrogens is 308 g/mol. The van der Waals surface area contributed by atoms with Crippen molar-refractivity contribution in [2.45, 2.75) is 12.5 Å². The Hall–Kier alpha value is -2.75. The Bertz CT molecular complexity index is 897. The molecule has 5 nitrogen and oxygen atoms in total. The third kappa shape index (κ3) is 3.54. The summed E-state index contributed by atoms with van der Waals surface area (Å²) in [7, 11) is 0. The number of rotatable bonds is 4. The largest absolute Gasteiger partial charge is 0.320 e. The van der Waals surface area contributed by atoms with E-state index in [-0.39, 0.29) is 5.91 Å². The van der Waals surface area contributed by atoms with Gasteiger partial charge in [-0.25, -0.2) is 4.98 Å². The maximum absolute atomic E-state index is 12.1. The van der Waals surface area contributed by atoms with Crippen LogP contribution in [-0.4, -0.2) is 21.9 Å². The second kappa shape index (κ2) is 6.57. The number of carbonyl (C=O) groups is 1. The van der Waals surface area contributed by atoms with E-state index in [0.717, 1.165) is 16.6 Å². The molecule has 0 bridgehead atoms. The monoisotopic (exact) mass is 322 g/mol. The van der Waals surface area contributed by atoms with Crippen LogP contribution in [0.4, 0.5) is 5.82 Å². The predicted molar refractivity (Wildman–Crippen MR) is 92.1 cm³/mol. The lowest BCUT2D eigenvalue weighted by atomic mass is 10.1. The number of nitrogens with one attached hydrogen (secondary N) is 1. The lowest BCUT2D eigenvalue weighted by Crippen LogP contribution is -2.37. The van der Waals surface area contributed by atoms with Crippen molar-refractivity contribution in [3.05, 3.63) is 52.5 Å². The summed E-state index contributed by atoms with van der Waals surface area (Å²) in [5, 5.41) is 5.93. The predicted octanol–water partition coefficient (Wildman–Crippen LogP) is 2.18. The van der Waals surface area contributed by atoms with Gasteiger partial charge in [-0.3, -0.25) is 9.78 Å². The van der Waals surface area contributed by atoms with Crippen LogP contribution < -0.4 is 11.1 Å². The Labute approximate surface area is 137 Å². The molecule has 0 aliphatic heterocycles. The van der Waals surface area contributed by atoms with E-state index in [0.29, 0.717) is 17.2 Å². The third-order valence-electron chi connectivity index (χ3n) is 3.30. The highest BCUT2D eigenvalue weighted by molar-refractivity contribution is 7.10. The number of pyridine rings is 1. The molecule has 0 radical (unpaired) electrons. The van der Waals surface area contributed by atoms with Gasteiger partial charge >= 0.3 is 0 Å². The second-order valence-corrected chi connectivity index (χ2v) is 5.84. The number of para-hydroxylation sites is 1. The Morgan fingerprint density at radius 2 is 2.13 bits per heavy atom. The molecule has 0 unspecified atom stereocenters. The van der Waals surface area contributed by atoms with Crippen molar-refractivity contribution in [3.63, 3.8) is 0 Å². The van der Waals surface area contributed by atoms with Crippen LogP contribution >= 0.6 is 11.3 Å². The zero-order valence-corrected chi connectivity index (χ0v) is 13.0. The zero-order chi connectivity index (χ0) is 16.2. The van der Waals surface area contributed by atoms with Crippen LogP contribution in [0.2, 0.25) is 0 Å². The van der Waals surface area contributed by atoms with E-state index >= 15 is 0 Å². The molecule has 0 saturated heterocycles. The molecule has 1 aromatic carbocycles. The average molecular weight is 322 g/mol. The highest BCUT2D eigenvalue weighted by atomic mass is 32.1. The molecule has 0 aliphatic rings. The van der Waals surface area contributed by atoms with E-state index in [1.54, 1.807) is 5.38 Å². The van der Waals surface area contributed by atoms with Crippen LogP contribution in [0.3, 0.4) is 0 Å². The Morgan fingerprint density at radius 1 is 1.30 bits per heavy atom. The van der Waals surface area contributed by atoms with Crippen molar-refractivity contribution in [1.82, 2.24) is 9.97 Å². The zero-order valence-electron chi connectivity index (χ0n) is 12.2. The first-order chi connectivity index (χ1) is 11.2. The van der Waals surface area contributed by atoms with Crippen LogP contribution in [0.1, 0.15) is 10.7 Å². The molecule has 23 heavy (non-hydrogen) atoms. The van der Waals surface area contributed by atoms with Crippen molar-refractivity contribution in [2.75, 3.05) is 5.32 Å². The first-order valence-corrected chi connectivity index (χ1v) is 7.87. The van der Waals surface area contributed by atoms with E-state index in [1.807, 2.05) is 36.4 Å². The molecular formula is C17H14N4OS. The van der Waals surface area contributed by atoms with Gasteiger partial charge in [0.2, 0.25) is 5.91 Å². The Balaban J connectivity index is 1.68. The summed E-state index contributed by atoms with van der Waals surface area (Å²) in [6.07, 6.45) is 5.60. The quantitative estimate of drug-likeness (QED) is 0.722. The van der Waals surface area contributed by atoms with Gasteiger partial charge in [-0.05, 0) is 18.1 Å². The van der Waals surface area contributed by atoms with Crippen LogP contribution in [0.15, 0.2) is 41.8 Å². The smallest absolute Gasteiger partial charge is 0.242 e. The minimum atomic E-state index is -0.709. The van der Waals surface area contributed by atoms with Crippen molar-refractivity contribution in [1.29, 1.82) is 0 Å². The Kier molecular flexibility index (Phi) is 4.33. The Morgan fingerprint density at radius 3 is 2.91 bits per heavy atom. The maximum atomic E-state index is 12.1. The van der Waals surface area contributed by atoms with Gasteiger partial charge in [-0.15, -0.1) is 17.8 Å². The minimum Gasteiger partial charge on any atom is -0.320 e.